The number of carbonyl (C=O) groups is 1. The molecule has 3 rings (SSSR count). The first kappa shape index (κ1) is 11.6. The van der Waals surface area contributed by atoms with Gasteiger partial charge >= 0.3 is 5.97 Å². The number of benzene rings is 1. The Kier molecular flexibility index (Phi) is 2.81. The summed E-state index contributed by atoms with van der Waals surface area (Å²) in [6.45, 7) is 4.06. The molecule has 2 aliphatic heterocycles. The molecule has 0 aromatic heterocycles. The highest BCUT2D eigenvalue weighted by Crippen LogP contribution is 2.29. The van der Waals surface area contributed by atoms with Crippen molar-refractivity contribution >= 4 is 5.97 Å². The van der Waals surface area contributed by atoms with Crippen LogP contribution < -0.4 is 16.4 Å². The van der Waals surface area contributed by atoms with Crippen LogP contribution in [0.2, 0.25) is 0 Å². The number of hydrogen-bond acceptors (Lipinski definition) is 5. The SMILES string of the molecule is Cc1c([C@@H]2CNC[C@H](N)N2)ccc2c1COC2=O. The third-order valence-electron chi connectivity index (χ3n) is 3.71. The Hall–Kier alpha value is -1.43. The van der Waals surface area contributed by atoms with Crippen molar-refractivity contribution in [2.75, 3.05) is 13.1 Å². The van der Waals surface area contributed by atoms with Gasteiger partial charge in [-0.1, -0.05) is 6.07 Å². The van der Waals surface area contributed by atoms with E-state index < -0.39 is 0 Å². The van der Waals surface area contributed by atoms with Gasteiger partial charge in [-0.2, -0.15) is 0 Å². The Balaban J connectivity index is 1.96. The molecule has 0 amide bonds. The zero-order chi connectivity index (χ0) is 12.7. The average Bonchev–Trinajstić information content (AvgIpc) is 2.73. The second kappa shape index (κ2) is 4.35. The van der Waals surface area contributed by atoms with Crippen LogP contribution in [0.4, 0.5) is 0 Å². The third kappa shape index (κ3) is 1.80. The number of hydrogen-bond donors (Lipinski definition) is 3. The molecule has 0 unspecified atom stereocenters. The van der Waals surface area contributed by atoms with Crippen LogP contribution in [0, 0.1) is 6.92 Å². The molecule has 0 bridgehead atoms. The number of nitrogens with one attached hydrogen (secondary N) is 2. The molecule has 2 aliphatic rings. The molecule has 0 aliphatic carbocycles. The van der Waals surface area contributed by atoms with Gasteiger partial charge < -0.3 is 15.8 Å². The molecule has 96 valence electrons. The fraction of sp³-hybridized carbons (Fsp3) is 0.462. The van der Waals surface area contributed by atoms with E-state index in [0.29, 0.717) is 12.2 Å². The van der Waals surface area contributed by atoms with Crippen molar-refractivity contribution in [2.24, 2.45) is 5.73 Å². The number of cyclic esters (lactones) is 1. The Labute approximate surface area is 106 Å². The quantitative estimate of drug-likeness (QED) is 0.617. The summed E-state index contributed by atoms with van der Waals surface area (Å²) in [5.74, 6) is -0.217. The summed E-state index contributed by atoms with van der Waals surface area (Å²) in [6.07, 6.45) is -0.0331. The van der Waals surface area contributed by atoms with Crippen LogP contribution in [0.3, 0.4) is 0 Å². The van der Waals surface area contributed by atoms with E-state index in [9.17, 15) is 4.79 Å². The molecule has 5 heteroatoms. The standard InChI is InChI=1S/C13H17N3O2/c1-7-8(11-4-15-5-12(14)16-11)2-3-9-10(7)6-18-13(9)17/h2-3,11-12,15-16H,4-6,14H2,1H3/t11-,12+/m0/s1. The maximum atomic E-state index is 11.5. The minimum absolute atomic E-state index is 0.0331. The maximum Gasteiger partial charge on any atom is 0.338 e. The fourth-order valence-corrected chi connectivity index (χ4v) is 2.70. The number of fused-ring (bicyclic) bond motifs is 1. The summed E-state index contributed by atoms with van der Waals surface area (Å²) in [5, 5.41) is 6.67. The molecule has 1 saturated heterocycles. The zero-order valence-corrected chi connectivity index (χ0v) is 10.3. The van der Waals surface area contributed by atoms with Gasteiger partial charge in [0.1, 0.15) is 6.61 Å². The lowest BCUT2D eigenvalue weighted by Gasteiger charge is -2.31. The van der Waals surface area contributed by atoms with E-state index >= 15 is 0 Å². The Morgan fingerprint density at radius 2 is 2.22 bits per heavy atom. The van der Waals surface area contributed by atoms with E-state index in [1.165, 1.54) is 5.56 Å². The van der Waals surface area contributed by atoms with E-state index in [1.807, 2.05) is 19.1 Å². The van der Waals surface area contributed by atoms with Gasteiger partial charge in [-0.3, -0.25) is 5.32 Å². The average molecular weight is 247 g/mol. The molecule has 0 saturated carbocycles. The van der Waals surface area contributed by atoms with Gasteiger partial charge in [0.25, 0.3) is 0 Å². The summed E-state index contributed by atoms with van der Waals surface area (Å²) in [7, 11) is 0. The van der Waals surface area contributed by atoms with Crippen molar-refractivity contribution in [1.82, 2.24) is 10.6 Å². The number of carbonyl (C=O) groups excluding carboxylic acids is 1. The number of nitrogens with two attached hydrogens (primary N) is 1. The van der Waals surface area contributed by atoms with Crippen LogP contribution in [0.25, 0.3) is 0 Å². The molecule has 2 heterocycles. The molecule has 4 N–H and O–H groups in total. The van der Waals surface area contributed by atoms with E-state index in [2.05, 4.69) is 10.6 Å². The largest absolute Gasteiger partial charge is 0.457 e. The molecule has 5 nitrogen and oxygen atoms in total. The summed E-state index contributed by atoms with van der Waals surface area (Å²) >= 11 is 0. The molecule has 1 aromatic rings. The van der Waals surface area contributed by atoms with E-state index in [0.717, 1.165) is 24.2 Å². The summed E-state index contributed by atoms with van der Waals surface area (Å²) in [5.41, 5.74) is 9.93. The number of ether oxygens (including phenoxy) is 1. The monoisotopic (exact) mass is 247 g/mol. The van der Waals surface area contributed by atoms with Crippen LogP contribution in [0.1, 0.15) is 33.1 Å². The van der Waals surface area contributed by atoms with Crippen LogP contribution in [-0.2, 0) is 11.3 Å². The van der Waals surface area contributed by atoms with Crippen molar-refractivity contribution in [3.63, 3.8) is 0 Å². The molecule has 2 atom stereocenters. The van der Waals surface area contributed by atoms with E-state index in [1.54, 1.807) is 0 Å². The number of esters is 1. The van der Waals surface area contributed by atoms with Crippen molar-refractivity contribution in [2.45, 2.75) is 25.7 Å². The summed E-state index contributed by atoms with van der Waals surface area (Å²) in [6, 6.07) is 4.04. The smallest absolute Gasteiger partial charge is 0.338 e. The van der Waals surface area contributed by atoms with Crippen LogP contribution >= 0.6 is 0 Å². The van der Waals surface area contributed by atoms with Gasteiger partial charge in [-0.25, -0.2) is 4.79 Å². The van der Waals surface area contributed by atoms with Crippen LogP contribution in [-0.4, -0.2) is 25.2 Å². The van der Waals surface area contributed by atoms with Gasteiger partial charge in [0.15, 0.2) is 0 Å². The zero-order valence-electron chi connectivity index (χ0n) is 10.3. The van der Waals surface area contributed by atoms with Crippen LogP contribution in [0.15, 0.2) is 12.1 Å². The third-order valence-corrected chi connectivity index (χ3v) is 3.71. The molecule has 0 spiro atoms. The fourth-order valence-electron chi connectivity index (χ4n) is 2.70. The predicted molar refractivity (Wildman–Crippen MR) is 67.0 cm³/mol. The Morgan fingerprint density at radius 1 is 1.39 bits per heavy atom. The lowest BCUT2D eigenvalue weighted by molar-refractivity contribution is 0.0535. The topological polar surface area (TPSA) is 76.4 Å². The number of rotatable bonds is 1. The Bertz CT molecular complexity index is 501. The van der Waals surface area contributed by atoms with Crippen molar-refractivity contribution in [3.8, 4) is 0 Å². The highest BCUT2D eigenvalue weighted by molar-refractivity contribution is 5.93. The van der Waals surface area contributed by atoms with Gasteiger partial charge in [0.05, 0.1) is 11.7 Å². The second-order valence-corrected chi connectivity index (χ2v) is 4.87. The lowest BCUT2D eigenvalue weighted by atomic mass is 9.93. The van der Waals surface area contributed by atoms with Gasteiger partial charge in [0, 0.05) is 24.7 Å². The number of piperazine rings is 1. The summed E-state index contributed by atoms with van der Waals surface area (Å²) in [4.78, 5) is 11.5. The normalized spacial score (nSPS) is 26.9. The van der Waals surface area contributed by atoms with E-state index in [4.69, 9.17) is 10.5 Å². The van der Waals surface area contributed by atoms with E-state index in [-0.39, 0.29) is 18.2 Å². The second-order valence-electron chi connectivity index (χ2n) is 4.87. The summed E-state index contributed by atoms with van der Waals surface area (Å²) < 4.78 is 5.07. The molecule has 1 aromatic carbocycles. The van der Waals surface area contributed by atoms with Gasteiger partial charge in [0.2, 0.25) is 0 Å². The molecular formula is C13H17N3O2. The first-order chi connectivity index (χ1) is 8.66. The molecule has 0 radical (unpaired) electrons. The maximum absolute atomic E-state index is 11.5. The highest BCUT2D eigenvalue weighted by atomic mass is 16.5. The first-order valence-electron chi connectivity index (χ1n) is 6.18. The highest BCUT2D eigenvalue weighted by Gasteiger charge is 2.27. The Morgan fingerprint density at radius 3 is 3.00 bits per heavy atom. The molecule has 18 heavy (non-hydrogen) atoms. The van der Waals surface area contributed by atoms with Crippen molar-refractivity contribution in [1.29, 1.82) is 0 Å². The van der Waals surface area contributed by atoms with Gasteiger partial charge in [-0.05, 0) is 24.1 Å². The van der Waals surface area contributed by atoms with Crippen molar-refractivity contribution < 1.29 is 9.53 Å². The minimum Gasteiger partial charge on any atom is -0.457 e. The predicted octanol–water partition coefficient (Wildman–Crippen LogP) is 0.184. The minimum atomic E-state index is -0.217. The van der Waals surface area contributed by atoms with Crippen LogP contribution in [0.5, 0.6) is 0 Å². The van der Waals surface area contributed by atoms with Crippen molar-refractivity contribution in [3.05, 3.63) is 34.4 Å². The first-order valence-corrected chi connectivity index (χ1v) is 6.18. The molecule has 1 fully saturated rings. The molecular weight excluding hydrogens is 230 g/mol. The lowest BCUT2D eigenvalue weighted by Crippen LogP contribution is -2.54. The van der Waals surface area contributed by atoms with Gasteiger partial charge in [-0.15, -0.1) is 0 Å².